The summed E-state index contributed by atoms with van der Waals surface area (Å²) < 4.78 is 10.2. The van der Waals surface area contributed by atoms with E-state index in [0.717, 1.165) is 52.2 Å². The first-order valence-electron chi connectivity index (χ1n) is 6.39. The van der Waals surface area contributed by atoms with Crippen molar-refractivity contribution in [2.45, 2.75) is 25.8 Å². The maximum atomic E-state index is 11.5. The van der Waals surface area contributed by atoms with Crippen LogP contribution in [0.15, 0.2) is 0 Å². The van der Waals surface area contributed by atoms with Crippen molar-refractivity contribution in [3.63, 3.8) is 0 Å². The number of nitrogens with zero attached hydrogens (tertiary/aromatic N) is 1. The van der Waals surface area contributed by atoms with Crippen LogP contribution in [-0.2, 0) is 14.3 Å². The summed E-state index contributed by atoms with van der Waals surface area (Å²) in [5.74, 6) is -0.169. The molecule has 0 bridgehead atoms. The molecule has 0 aromatic heterocycles. The Morgan fingerprint density at radius 3 is 3.00 bits per heavy atom. The first kappa shape index (κ1) is 14.4. The van der Waals surface area contributed by atoms with E-state index in [2.05, 4.69) is 10.2 Å². The van der Waals surface area contributed by atoms with Gasteiger partial charge in [0.1, 0.15) is 6.04 Å². The van der Waals surface area contributed by atoms with Gasteiger partial charge in [-0.1, -0.05) is 6.92 Å². The number of rotatable bonds is 6. The Morgan fingerprint density at radius 2 is 2.29 bits per heavy atom. The van der Waals surface area contributed by atoms with Gasteiger partial charge in [-0.25, -0.2) is 0 Å². The molecule has 0 aromatic rings. The van der Waals surface area contributed by atoms with E-state index in [1.165, 1.54) is 7.11 Å². The van der Waals surface area contributed by atoms with E-state index in [4.69, 9.17) is 9.47 Å². The average Bonchev–Trinajstić information content (AvgIpc) is 2.62. The Morgan fingerprint density at radius 1 is 1.47 bits per heavy atom. The third-order valence-electron chi connectivity index (χ3n) is 2.99. The molecule has 100 valence electrons. The highest BCUT2D eigenvalue weighted by Crippen LogP contribution is 2.03. The molecule has 5 heteroatoms. The number of likely N-dealkylation sites (N-methyl/N-ethyl adjacent to an activating group) is 1. The van der Waals surface area contributed by atoms with Gasteiger partial charge in [0.15, 0.2) is 0 Å². The highest BCUT2D eigenvalue weighted by atomic mass is 16.5. The molecule has 1 atom stereocenters. The van der Waals surface area contributed by atoms with Crippen molar-refractivity contribution < 1.29 is 14.3 Å². The molecule has 17 heavy (non-hydrogen) atoms. The Labute approximate surface area is 103 Å². The number of ether oxygens (including phenoxy) is 2. The smallest absolute Gasteiger partial charge is 0.322 e. The molecule has 1 aliphatic rings. The summed E-state index contributed by atoms with van der Waals surface area (Å²) in [4.78, 5) is 13.9. The van der Waals surface area contributed by atoms with Gasteiger partial charge < -0.3 is 19.7 Å². The van der Waals surface area contributed by atoms with Crippen molar-refractivity contribution in [2.75, 3.05) is 46.5 Å². The summed E-state index contributed by atoms with van der Waals surface area (Å²) >= 11 is 0. The lowest BCUT2D eigenvalue weighted by atomic mass is 10.2. The molecule has 0 radical (unpaired) electrons. The van der Waals surface area contributed by atoms with E-state index < -0.39 is 0 Å². The molecule has 1 N–H and O–H groups in total. The van der Waals surface area contributed by atoms with Crippen LogP contribution in [-0.4, -0.2) is 63.4 Å². The van der Waals surface area contributed by atoms with Crippen LogP contribution in [0.2, 0.25) is 0 Å². The minimum Gasteiger partial charge on any atom is -0.468 e. The van der Waals surface area contributed by atoms with Crippen molar-refractivity contribution in [2.24, 2.45) is 0 Å². The molecular formula is C12H24N2O3. The number of nitrogens with one attached hydrogen (secondary N) is 1. The first-order chi connectivity index (χ1) is 8.27. The number of carbonyl (C=O) groups excluding carboxylic acids is 1. The summed E-state index contributed by atoms with van der Waals surface area (Å²) in [7, 11) is 1.44. The molecule has 5 nitrogen and oxygen atoms in total. The predicted molar refractivity (Wildman–Crippen MR) is 66.0 cm³/mol. The zero-order valence-electron chi connectivity index (χ0n) is 10.9. The summed E-state index contributed by atoms with van der Waals surface area (Å²) in [5.41, 5.74) is 0. The number of carbonyl (C=O) groups is 1. The van der Waals surface area contributed by atoms with Gasteiger partial charge in [-0.3, -0.25) is 4.79 Å². The molecule has 1 aliphatic heterocycles. The molecule has 0 aliphatic carbocycles. The summed E-state index contributed by atoms with van der Waals surface area (Å²) in [6, 6.07) is -0.186. The van der Waals surface area contributed by atoms with Gasteiger partial charge in [0, 0.05) is 26.2 Å². The maximum absolute atomic E-state index is 11.5. The largest absolute Gasteiger partial charge is 0.468 e. The monoisotopic (exact) mass is 244 g/mol. The third kappa shape index (κ3) is 5.48. The molecule has 1 rings (SSSR count). The van der Waals surface area contributed by atoms with Crippen LogP contribution in [0.1, 0.15) is 19.8 Å². The predicted octanol–water partition coefficient (Wildman–Crippen LogP) is 0.250. The van der Waals surface area contributed by atoms with Gasteiger partial charge >= 0.3 is 5.97 Å². The number of hydrogen-bond donors (Lipinski definition) is 1. The van der Waals surface area contributed by atoms with E-state index in [9.17, 15) is 4.79 Å². The van der Waals surface area contributed by atoms with Gasteiger partial charge in [-0.15, -0.1) is 0 Å². The lowest BCUT2D eigenvalue weighted by molar-refractivity contribution is -0.143. The van der Waals surface area contributed by atoms with Crippen molar-refractivity contribution >= 4 is 5.97 Å². The topological polar surface area (TPSA) is 50.8 Å². The zero-order chi connectivity index (χ0) is 12.5. The Hall–Kier alpha value is -0.650. The van der Waals surface area contributed by atoms with Crippen LogP contribution in [0.4, 0.5) is 0 Å². The van der Waals surface area contributed by atoms with E-state index in [0.29, 0.717) is 0 Å². The second kappa shape index (κ2) is 8.44. The van der Waals surface area contributed by atoms with Gasteiger partial charge in [0.25, 0.3) is 0 Å². The van der Waals surface area contributed by atoms with Crippen LogP contribution < -0.4 is 5.32 Å². The van der Waals surface area contributed by atoms with E-state index in [-0.39, 0.29) is 12.0 Å². The third-order valence-corrected chi connectivity index (χ3v) is 2.99. The summed E-state index contributed by atoms with van der Waals surface area (Å²) in [6.45, 7) is 7.35. The minimum absolute atomic E-state index is 0.169. The fraction of sp³-hybridized carbons (Fsp3) is 0.917. The van der Waals surface area contributed by atoms with Gasteiger partial charge in [-0.2, -0.15) is 0 Å². The summed E-state index contributed by atoms with van der Waals surface area (Å²) in [6.07, 6.45) is 1.87. The Bertz CT molecular complexity index is 216. The lowest BCUT2D eigenvalue weighted by Crippen LogP contribution is -2.41. The van der Waals surface area contributed by atoms with Gasteiger partial charge in [0.2, 0.25) is 0 Å². The van der Waals surface area contributed by atoms with Gasteiger partial charge in [0.05, 0.1) is 13.7 Å². The van der Waals surface area contributed by atoms with Crippen LogP contribution >= 0.6 is 0 Å². The van der Waals surface area contributed by atoms with Gasteiger partial charge in [-0.05, 0) is 19.4 Å². The van der Waals surface area contributed by atoms with Crippen LogP contribution in [0.25, 0.3) is 0 Å². The van der Waals surface area contributed by atoms with Crippen molar-refractivity contribution in [3.05, 3.63) is 0 Å². The van der Waals surface area contributed by atoms with Crippen molar-refractivity contribution in [1.82, 2.24) is 10.2 Å². The lowest BCUT2D eigenvalue weighted by Gasteiger charge is -2.22. The molecule has 0 aromatic carbocycles. The molecule has 0 amide bonds. The minimum atomic E-state index is -0.186. The molecule has 0 saturated carbocycles. The maximum Gasteiger partial charge on any atom is 0.322 e. The second-order valence-electron chi connectivity index (χ2n) is 4.23. The molecule has 1 heterocycles. The second-order valence-corrected chi connectivity index (χ2v) is 4.23. The summed E-state index contributed by atoms with van der Waals surface area (Å²) in [5, 5.41) is 3.16. The molecular weight excluding hydrogens is 220 g/mol. The first-order valence-corrected chi connectivity index (χ1v) is 6.39. The van der Waals surface area contributed by atoms with E-state index in [1.54, 1.807) is 0 Å². The quantitative estimate of drug-likeness (QED) is 0.679. The SMILES string of the molecule is CCNC(CCN1CCCOCC1)C(=O)OC. The average molecular weight is 244 g/mol. The van der Waals surface area contributed by atoms with Crippen molar-refractivity contribution in [1.29, 1.82) is 0 Å². The molecule has 1 fully saturated rings. The van der Waals surface area contributed by atoms with Crippen LogP contribution in [0.3, 0.4) is 0 Å². The fourth-order valence-electron chi connectivity index (χ4n) is 2.02. The van der Waals surface area contributed by atoms with E-state index in [1.807, 2.05) is 6.92 Å². The molecule has 1 saturated heterocycles. The zero-order valence-corrected chi connectivity index (χ0v) is 10.9. The number of methoxy groups -OCH3 is 1. The Balaban J connectivity index is 2.31. The number of esters is 1. The number of hydrogen-bond acceptors (Lipinski definition) is 5. The molecule has 1 unspecified atom stereocenters. The fourth-order valence-corrected chi connectivity index (χ4v) is 2.02. The van der Waals surface area contributed by atoms with E-state index >= 15 is 0 Å². The van der Waals surface area contributed by atoms with Crippen LogP contribution in [0, 0.1) is 0 Å². The van der Waals surface area contributed by atoms with Crippen LogP contribution in [0.5, 0.6) is 0 Å². The Kier molecular flexibility index (Phi) is 7.16. The molecule has 0 spiro atoms. The van der Waals surface area contributed by atoms with Crippen molar-refractivity contribution in [3.8, 4) is 0 Å². The standard InChI is InChI=1S/C12H24N2O3/c1-3-13-11(12(15)16-2)5-7-14-6-4-9-17-10-8-14/h11,13H,3-10H2,1-2H3. The normalized spacial score (nSPS) is 19.6. The highest BCUT2D eigenvalue weighted by molar-refractivity contribution is 5.75. The highest BCUT2D eigenvalue weighted by Gasteiger charge is 2.19.